The number of aliphatic hydroxyl groups is 1. The van der Waals surface area contributed by atoms with E-state index in [1.165, 1.54) is 12.8 Å². The van der Waals surface area contributed by atoms with Crippen LogP contribution in [0.1, 0.15) is 44.9 Å². The van der Waals surface area contributed by atoms with Gasteiger partial charge in [-0.2, -0.15) is 0 Å². The molecular weight excluding hydrogens is 230 g/mol. The van der Waals surface area contributed by atoms with E-state index in [2.05, 4.69) is 5.32 Å². The van der Waals surface area contributed by atoms with Crippen molar-refractivity contribution < 1.29 is 14.6 Å². The van der Waals surface area contributed by atoms with Crippen molar-refractivity contribution in [2.75, 3.05) is 19.8 Å². The molecule has 2 rings (SSSR count). The number of hydrogen-bond acceptors (Lipinski definition) is 3. The van der Waals surface area contributed by atoms with Crippen molar-refractivity contribution in [1.82, 2.24) is 5.32 Å². The van der Waals surface area contributed by atoms with Crippen molar-refractivity contribution in [1.29, 1.82) is 0 Å². The van der Waals surface area contributed by atoms with Crippen molar-refractivity contribution in [3.63, 3.8) is 0 Å². The average molecular weight is 255 g/mol. The molecule has 1 saturated carbocycles. The summed E-state index contributed by atoms with van der Waals surface area (Å²) in [5.41, 5.74) is 0. The van der Waals surface area contributed by atoms with Gasteiger partial charge in [0.05, 0.1) is 0 Å². The number of ether oxygens (including phenoxy) is 1. The van der Waals surface area contributed by atoms with E-state index in [0.29, 0.717) is 25.0 Å². The molecule has 104 valence electrons. The quantitative estimate of drug-likeness (QED) is 0.800. The first kappa shape index (κ1) is 13.8. The second-order valence-corrected chi connectivity index (χ2v) is 5.59. The molecule has 0 bridgehead atoms. The molecule has 2 aliphatic rings. The van der Waals surface area contributed by atoms with E-state index in [-0.39, 0.29) is 18.6 Å². The lowest BCUT2D eigenvalue weighted by Crippen LogP contribution is -2.42. The first-order valence-corrected chi connectivity index (χ1v) is 7.31. The van der Waals surface area contributed by atoms with Crippen LogP contribution in [0, 0.1) is 11.8 Å². The Morgan fingerprint density at radius 1 is 1.11 bits per heavy atom. The van der Waals surface area contributed by atoms with Crippen molar-refractivity contribution >= 4 is 5.91 Å². The molecule has 2 N–H and O–H groups in total. The first-order valence-electron chi connectivity index (χ1n) is 7.31. The summed E-state index contributed by atoms with van der Waals surface area (Å²) >= 11 is 0. The third kappa shape index (κ3) is 3.69. The summed E-state index contributed by atoms with van der Waals surface area (Å²) in [6, 6.07) is 0. The summed E-state index contributed by atoms with van der Waals surface area (Å²) in [5.74, 6) is 0.847. The highest BCUT2D eigenvalue weighted by atomic mass is 16.5. The SMILES string of the molecule is O=C(NCC1CCCCC1CO)C1CCCCO1. The Bertz CT molecular complexity index is 264. The second-order valence-electron chi connectivity index (χ2n) is 5.59. The van der Waals surface area contributed by atoms with Crippen molar-refractivity contribution in [3.05, 3.63) is 0 Å². The smallest absolute Gasteiger partial charge is 0.249 e. The number of amides is 1. The topological polar surface area (TPSA) is 58.6 Å². The van der Waals surface area contributed by atoms with Crippen LogP contribution in [0.25, 0.3) is 0 Å². The number of aliphatic hydroxyl groups excluding tert-OH is 1. The van der Waals surface area contributed by atoms with Gasteiger partial charge in [-0.25, -0.2) is 0 Å². The fourth-order valence-corrected chi connectivity index (χ4v) is 3.09. The maximum atomic E-state index is 11.9. The van der Waals surface area contributed by atoms with Crippen LogP contribution in [0.15, 0.2) is 0 Å². The van der Waals surface area contributed by atoms with E-state index in [9.17, 15) is 9.90 Å². The molecule has 1 aliphatic carbocycles. The van der Waals surface area contributed by atoms with Gasteiger partial charge in [-0.05, 0) is 43.9 Å². The van der Waals surface area contributed by atoms with Crippen LogP contribution in [0.2, 0.25) is 0 Å². The minimum Gasteiger partial charge on any atom is -0.396 e. The standard InChI is InChI=1S/C14H25NO3/c16-10-12-6-2-1-5-11(12)9-15-14(17)13-7-3-4-8-18-13/h11-13,16H,1-10H2,(H,15,17). The maximum absolute atomic E-state index is 11.9. The van der Waals surface area contributed by atoms with Gasteiger partial charge in [-0.1, -0.05) is 12.8 Å². The molecule has 0 aromatic carbocycles. The van der Waals surface area contributed by atoms with Crippen LogP contribution in [-0.2, 0) is 9.53 Å². The highest BCUT2D eigenvalue weighted by molar-refractivity contribution is 5.80. The molecule has 1 saturated heterocycles. The van der Waals surface area contributed by atoms with Crippen LogP contribution in [0.5, 0.6) is 0 Å². The van der Waals surface area contributed by atoms with Crippen molar-refractivity contribution in [2.45, 2.75) is 51.0 Å². The van der Waals surface area contributed by atoms with Crippen LogP contribution in [0.4, 0.5) is 0 Å². The fourth-order valence-electron chi connectivity index (χ4n) is 3.09. The highest BCUT2D eigenvalue weighted by Crippen LogP contribution is 2.29. The molecule has 0 aromatic heterocycles. The van der Waals surface area contributed by atoms with Crippen LogP contribution in [-0.4, -0.2) is 36.9 Å². The Morgan fingerprint density at radius 2 is 1.83 bits per heavy atom. The summed E-state index contributed by atoms with van der Waals surface area (Å²) in [4.78, 5) is 11.9. The highest BCUT2D eigenvalue weighted by Gasteiger charge is 2.27. The molecular formula is C14H25NO3. The lowest BCUT2D eigenvalue weighted by molar-refractivity contribution is -0.135. The second kappa shape index (κ2) is 7.10. The lowest BCUT2D eigenvalue weighted by atomic mass is 9.79. The van der Waals surface area contributed by atoms with Gasteiger partial charge in [0.25, 0.3) is 0 Å². The largest absolute Gasteiger partial charge is 0.396 e. The molecule has 0 aromatic rings. The Morgan fingerprint density at radius 3 is 2.50 bits per heavy atom. The molecule has 2 fully saturated rings. The van der Waals surface area contributed by atoms with E-state index in [0.717, 1.165) is 32.1 Å². The molecule has 1 aliphatic heterocycles. The Labute approximate surface area is 109 Å². The Hall–Kier alpha value is -0.610. The Kier molecular flexibility index (Phi) is 5.45. The number of hydrogen-bond donors (Lipinski definition) is 2. The molecule has 1 heterocycles. The van der Waals surface area contributed by atoms with Crippen LogP contribution < -0.4 is 5.32 Å². The Balaban J connectivity index is 1.73. The van der Waals surface area contributed by atoms with Crippen molar-refractivity contribution in [2.24, 2.45) is 11.8 Å². The van der Waals surface area contributed by atoms with E-state index < -0.39 is 0 Å². The zero-order chi connectivity index (χ0) is 12.8. The predicted molar refractivity (Wildman–Crippen MR) is 69.1 cm³/mol. The molecule has 0 spiro atoms. The van der Waals surface area contributed by atoms with E-state index in [1.807, 2.05) is 0 Å². The third-order valence-electron chi connectivity index (χ3n) is 4.31. The summed E-state index contributed by atoms with van der Waals surface area (Å²) in [6.45, 7) is 1.66. The van der Waals surface area contributed by atoms with Gasteiger partial charge in [-0.15, -0.1) is 0 Å². The summed E-state index contributed by atoms with van der Waals surface area (Å²) in [5, 5.41) is 12.3. The first-order chi connectivity index (χ1) is 8.81. The number of nitrogens with one attached hydrogen (secondary N) is 1. The third-order valence-corrected chi connectivity index (χ3v) is 4.31. The van der Waals surface area contributed by atoms with Gasteiger partial charge in [0.2, 0.25) is 5.91 Å². The summed E-state index contributed by atoms with van der Waals surface area (Å²) in [6.07, 6.45) is 7.40. The van der Waals surface area contributed by atoms with Gasteiger partial charge >= 0.3 is 0 Å². The zero-order valence-corrected chi connectivity index (χ0v) is 11.1. The van der Waals surface area contributed by atoms with Gasteiger partial charge in [0.15, 0.2) is 0 Å². The molecule has 18 heavy (non-hydrogen) atoms. The average Bonchev–Trinajstić information content (AvgIpc) is 2.46. The summed E-state index contributed by atoms with van der Waals surface area (Å²) in [7, 11) is 0. The van der Waals surface area contributed by atoms with E-state index >= 15 is 0 Å². The minimum absolute atomic E-state index is 0.0389. The maximum Gasteiger partial charge on any atom is 0.249 e. The number of carbonyl (C=O) groups is 1. The monoisotopic (exact) mass is 255 g/mol. The molecule has 1 amide bonds. The van der Waals surface area contributed by atoms with E-state index in [1.54, 1.807) is 0 Å². The predicted octanol–water partition coefficient (Wildman–Crippen LogP) is 1.47. The van der Waals surface area contributed by atoms with Gasteiger partial charge in [0.1, 0.15) is 6.10 Å². The molecule has 0 radical (unpaired) electrons. The van der Waals surface area contributed by atoms with Crippen LogP contribution in [0.3, 0.4) is 0 Å². The summed E-state index contributed by atoms with van der Waals surface area (Å²) < 4.78 is 5.47. The van der Waals surface area contributed by atoms with Crippen molar-refractivity contribution in [3.8, 4) is 0 Å². The molecule has 4 nitrogen and oxygen atoms in total. The number of carbonyl (C=O) groups excluding carboxylic acids is 1. The minimum atomic E-state index is -0.241. The lowest BCUT2D eigenvalue weighted by Gasteiger charge is -2.31. The zero-order valence-electron chi connectivity index (χ0n) is 11.1. The van der Waals surface area contributed by atoms with Gasteiger partial charge < -0.3 is 15.2 Å². The normalized spacial score (nSPS) is 33.1. The van der Waals surface area contributed by atoms with E-state index in [4.69, 9.17) is 4.74 Å². The number of rotatable bonds is 4. The van der Waals surface area contributed by atoms with Gasteiger partial charge in [-0.3, -0.25) is 4.79 Å². The molecule has 3 unspecified atom stereocenters. The molecule has 3 atom stereocenters. The van der Waals surface area contributed by atoms with Gasteiger partial charge in [0, 0.05) is 19.8 Å². The van der Waals surface area contributed by atoms with Crippen LogP contribution >= 0.6 is 0 Å². The molecule has 4 heteroatoms. The fraction of sp³-hybridized carbons (Fsp3) is 0.929.